The Bertz CT molecular complexity index is 1320. The molecule has 0 aliphatic rings. The van der Waals surface area contributed by atoms with Gasteiger partial charge in [0.1, 0.15) is 11.6 Å². The van der Waals surface area contributed by atoms with E-state index in [1.807, 2.05) is 0 Å². The maximum atomic E-state index is 13.8. The molecule has 0 saturated carbocycles. The molecule has 0 spiro atoms. The van der Waals surface area contributed by atoms with Crippen LogP contribution in [0.3, 0.4) is 0 Å². The average Bonchev–Trinajstić information content (AvgIpc) is 2.79. The van der Waals surface area contributed by atoms with Crippen LogP contribution in [0.4, 0.5) is 15.8 Å². The van der Waals surface area contributed by atoms with E-state index in [-0.39, 0.29) is 22.6 Å². The lowest BCUT2D eigenvalue weighted by atomic mass is 10.1. The van der Waals surface area contributed by atoms with Crippen LogP contribution in [-0.2, 0) is 0 Å². The highest BCUT2D eigenvalue weighted by molar-refractivity contribution is 5.95. The Hall–Kier alpha value is -5.18. The van der Waals surface area contributed by atoms with Crippen LogP contribution >= 0.6 is 0 Å². The summed E-state index contributed by atoms with van der Waals surface area (Å²) in [6, 6.07) is 14.2. The molecule has 0 fully saturated rings. The van der Waals surface area contributed by atoms with E-state index in [9.17, 15) is 29.4 Å². The van der Waals surface area contributed by atoms with Gasteiger partial charge in [-0.05, 0) is 54.1 Å². The third-order valence-corrected chi connectivity index (χ3v) is 4.18. The van der Waals surface area contributed by atoms with Gasteiger partial charge in [-0.2, -0.15) is 10.4 Å². The van der Waals surface area contributed by atoms with Crippen LogP contribution in [0.25, 0.3) is 0 Å². The number of carbonyl (C=O) groups is 1. The maximum absolute atomic E-state index is 13.8. The second-order valence-electron chi connectivity index (χ2n) is 6.34. The van der Waals surface area contributed by atoms with Crippen LogP contribution < -0.4 is 10.2 Å². The summed E-state index contributed by atoms with van der Waals surface area (Å²) in [5.74, 6) is -1.63. The number of non-ortho nitro benzene ring substituents is 1. The van der Waals surface area contributed by atoms with Gasteiger partial charge >= 0.3 is 5.69 Å². The molecule has 0 saturated heterocycles. The summed E-state index contributed by atoms with van der Waals surface area (Å²) in [5, 5.41) is 34.4. The molecule has 0 heterocycles. The predicted molar refractivity (Wildman–Crippen MR) is 112 cm³/mol. The molecule has 0 radical (unpaired) electrons. The topological polar surface area (TPSA) is 161 Å². The molecule has 164 valence electrons. The van der Waals surface area contributed by atoms with E-state index in [4.69, 9.17) is 10.00 Å². The summed E-state index contributed by atoms with van der Waals surface area (Å²) < 4.78 is 19.3. The van der Waals surface area contributed by atoms with Crippen molar-refractivity contribution in [3.8, 4) is 17.6 Å². The molecular formula is C21H12FN5O6. The smallest absolute Gasteiger partial charge is 0.318 e. The molecule has 1 amide bonds. The Labute approximate surface area is 184 Å². The number of nitrogens with one attached hydrogen (secondary N) is 1. The summed E-state index contributed by atoms with van der Waals surface area (Å²) in [4.78, 5) is 32.5. The van der Waals surface area contributed by atoms with Gasteiger partial charge < -0.3 is 4.74 Å². The minimum Gasteiger partial charge on any atom is -0.450 e. The number of rotatable bonds is 7. The van der Waals surface area contributed by atoms with Gasteiger partial charge in [-0.15, -0.1) is 0 Å². The lowest BCUT2D eigenvalue weighted by Crippen LogP contribution is -2.19. The number of carbonyl (C=O) groups excluding carboxylic acids is 1. The van der Waals surface area contributed by atoms with Gasteiger partial charge in [0, 0.05) is 6.07 Å². The largest absolute Gasteiger partial charge is 0.450 e. The lowest BCUT2D eigenvalue weighted by molar-refractivity contribution is -0.394. The fraction of sp³-hybridized carbons (Fsp3) is 0. The van der Waals surface area contributed by atoms with Crippen molar-refractivity contribution < 1.29 is 23.8 Å². The number of benzene rings is 3. The van der Waals surface area contributed by atoms with E-state index in [1.54, 1.807) is 6.07 Å². The minimum absolute atomic E-state index is 0.0777. The van der Waals surface area contributed by atoms with Gasteiger partial charge in [-0.3, -0.25) is 25.0 Å². The monoisotopic (exact) mass is 449 g/mol. The SMILES string of the molecule is N#Cc1ccc(C(=O)N/N=C\c2ccc(Oc3ccc([N+](=O)[O-])cc3[N+](=O)[O-])cc2)c(F)c1. The predicted octanol–water partition coefficient (Wildman–Crippen LogP) is 4.07. The number of nitro groups is 2. The molecule has 3 aromatic rings. The minimum atomic E-state index is -0.858. The van der Waals surface area contributed by atoms with E-state index < -0.39 is 32.9 Å². The first-order valence-corrected chi connectivity index (χ1v) is 9.02. The summed E-state index contributed by atoms with van der Waals surface area (Å²) in [6.07, 6.45) is 1.28. The first-order valence-electron chi connectivity index (χ1n) is 9.02. The van der Waals surface area contributed by atoms with Crippen molar-refractivity contribution in [2.75, 3.05) is 0 Å². The molecule has 0 aliphatic heterocycles. The van der Waals surface area contributed by atoms with Crippen LogP contribution in [0.2, 0.25) is 0 Å². The average molecular weight is 449 g/mol. The second-order valence-corrected chi connectivity index (χ2v) is 6.34. The lowest BCUT2D eigenvalue weighted by Gasteiger charge is -2.06. The number of hydrazone groups is 1. The fourth-order valence-corrected chi connectivity index (χ4v) is 2.59. The molecule has 3 rings (SSSR count). The third-order valence-electron chi connectivity index (χ3n) is 4.18. The zero-order chi connectivity index (χ0) is 24.0. The Morgan fingerprint density at radius 1 is 1.06 bits per heavy atom. The van der Waals surface area contributed by atoms with Crippen molar-refractivity contribution in [1.82, 2.24) is 5.43 Å². The van der Waals surface area contributed by atoms with Crippen LogP contribution in [-0.4, -0.2) is 22.0 Å². The Morgan fingerprint density at radius 3 is 2.39 bits per heavy atom. The summed E-state index contributed by atoms with van der Waals surface area (Å²) in [5.41, 5.74) is 1.47. The van der Waals surface area contributed by atoms with Gasteiger partial charge in [-0.1, -0.05) is 0 Å². The van der Waals surface area contributed by atoms with Gasteiger partial charge in [0.2, 0.25) is 5.75 Å². The Morgan fingerprint density at radius 2 is 1.79 bits per heavy atom. The molecular weight excluding hydrogens is 437 g/mol. The zero-order valence-electron chi connectivity index (χ0n) is 16.5. The van der Waals surface area contributed by atoms with Crippen molar-refractivity contribution in [3.05, 3.63) is 103 Å². The van der Waals surface area contributed by atoms with Crippen LogP contribution in [0.5, 0.6) is 11.5 Å². The number of ether oxygens (including phenoxy) is 1. The molecule has 1 N–H and O–H groups in total. The molecule has 33 heavy (non-hydrogen) atoms. The van der Waals surface area contributed by atoms with Crippen LogP contribution in [0, 0.1) is 37.4 Å². The van der Waals surface area contributed by atoms with E-state index in [0.29, 0.717) is 5.56 Å². The second kappa shape index (κ2) is 9.75. The molecule has 0 aromatic heterocycles. The molecule has 0 atom stereocenters. The number of amides is 1. The van der Waals surface area contributed by atoms with Gasteiger partial charge in [-0.25, -0.2) is 9.82 Å². The Balaban J connectivity index is 1.67. The van der Waals surface area contributed by atoms with Crippen molar-refractivity contribution in [1.29, 1.82) is 5.26 Å². The van der Waals surface area contributed by atoms with Crippen molar-refractivity contribution in [2.24, 2.45) is 5.10 Å². The van der Waals surface area contributed by atoms with Gasteiger partial charge in [0.25, 0.3) is 11.6 Å². The standard InChI is InChI=1S/C21H12FN5O6/c22-18-9-14(11-23)3-7-17(18)21(28)25-24-12-13-1-5-16(6-2-13)33-20-8-4-15(26(29)30)10-19(20)27(31)32/h1-10,12H,(H,25,28)/b24-12-. The normalized spacial score (nSPS) is 10.4. The quantitative estimate of drug-likeness (QED) is 0.323. The highest BCUT2D eigenvalue weighted by atomic mass is 19.1. The van der Waals surface area contributed by atoms with E-state index >= 15 is 0 Å². The number of hydrogen-bond donors (Lipinski definition) is 1. The molecule has 12 heteroatoms. The first kappa shape index (κ1) is 22.5. The first-order chi connectivity index (χ1) is 15.8. The summed E-state index contributed by atoms with van der Waals surface area (Å²) >= 11 is 0. The van der Waals surface area contributed by atoms with Crippen molar-refractivity contribution in [3.63, 3.8) is 0 Å². The molecule has 3 aromatic carbocycles. The number of nitriles is 1. The van der Waals surface area contributed by atoms with Crippen LogP contribution in [0.15, 0.2) is 65.8 Å². The molecule has 0 aliphatic carbocycles. The summed E-state index contributed by atoms with van der Waals surface area (Å²) in [7, 11) is 0. The molecule has 0 unspecified atom stereocenters. The number of halogens is 1. The van der Waals surface area contributed by atoms with Gasteiger partial charge in [0.15, 0.2) is 0 Å². The van der Waals surface area contributed by atoms with E-state index in [1.165, 1.54) is 42.6 Å². The highest BCUT2D eigenvalue weighted by Crippen LogP contribution is 2.34. The zero-order valence-corrected chi connectivity index (χ0v) is 16.5. The highest BCUT2D eigenvalue weighted by Gasteiger charge is 2.21. The van der Waals surface area contributed by atoms with Crippen molar-refractivity contribution >= 4 is 23.5 Å². The molecule has 0 bridgehead atoms. The van der Waals surface area contributed by atoms with E-state index in [0.717, 1.165) is 24.3 Å². The fourth-order valence-electron chi connectivity index (χ4n) is 2.59. The number of nitrogens with zero attached hydrogens (tertiary/aromatic N) is 4. The van der Waals surface area contributed by atoms with Crippen LogP contribution in [0.1, 0.15) is 21.5 Å². The van der Waals surface area contributed by atoms with E-state index in [2.05, 4.69) is 10.5 Å². The summed E-state index contributed by atoms with van der Waals surface area (Å²) in [6.45, 7) is 0. The number of hydrogen-bond acceptors (Lipinski definition) is 8. The third kappa shape index (κ3) is 5.50. The Kier molecular flexibility index (Phi) is 6.65. The van der Waals surface area contributed by atoms with Gasteiger partial charge in [0.05, 0.1) is 39.3 Å². The maximum Gasteiger partial charge on any atom is 0.318 e. The molecule has 11 nitrogen and oxygen atoms in total. The number of nitro benzene ring substituents is 2. The van der Waals surface area contributed by atoms with Crippen molar-refractivity contribution in [2.45, 2.75) is 0 Å².